The van der Waals surface area contributed by atoms with Gasteiger partial charge in [-0.05, 0) is 35.9 Å². The van der Waals surface area contributed by atoms with Crippen molar-refractivity contribution in [3.63, 3.8) is 0 Å². The molecule has 0 atom stereocenters. The Kier molecular flexibility index (Phi) is 4.34. The Balaban J connectivity index is 2.04. The van der Waals surface area contributed by atoms with E-state index < -0.39 is 0 Å². The Morgan fingerprint density at radius 3 is 2.16 bits per heavy atom. The van der Waals surface area contributed by atoms with E-state index in [1.54, 1.807) is 25.5 Å². The van der Waals surface area contributed by atoms with Gasteiger partial charge in [0, 0.05) is 5.56 Å². The van der Waals surface area contributed by atoms with Crippen molar-refractivity contribution in [1.29, 1.82) is 0 Å². The average Bonchev–Trinajstić information content (AvgIpc) is 2.48. The van der Waals surface area contributed by atoms with Crippen LogP contribution in [-0.2, 0) is 0 Å². The maximum atomic E-state index is 10.8. The number of ether oxygens (including phenoxy) is 2. The molecule has 0 bridgehead atoms. The summed E-state index contributed by atoms with van der Waals surface area (Å²) in [7, 11) is 1.62. The first kappa shape index (κ1) is 12.9. The van der Waals surface area contributed by atoms with Gasteiger partial charge in [0.25, 0.3) is 0 Å². The van der Waals surface area contributed by atoms with Gasteiger partial charge in [-0.2, -0.15) is 0 Å². The number of aldehydes is 1. The van der Waals surface area contributed by atoms with Crippen LogP contribution >= 0.6 is 0 Å². The van der Waals surface area contributed by atoms with Gasteiger partial charge in [-0.3, -0.25) is 4.79 Å². The fourth-order valence-corrected chi connectivity index (χ4v) is 1.61. The van der Waals surface area contributed by atoms with Crippen molar-refractivity contribution in [2.24, 2.45) is 0 Å². The van der Waals surface area contributed by atoms with Crippen molar-refractivity contribution in [3.8, 4) is 11.5 Å². The van der Waals surface area contributed by atoms with Gasteiger partial charge < -0.3 is 9.47 Å². The summed E-state index contributed by atoms with van der Waals surface area (Å²) in [5.74, 6) is 1.49. The summed E-state index contributed by atoms with van der Waals surface area (Å²) in [5, 5.41) is 0. The Morgan fingerprint density at radius 2 is 1.53 bits per heavy atom. The predicted octanol–water partition coefficient (Wildman–Crippen LogP) is 3.56. The maximum Gasteiger partial charge on any atom is 0.150 e. The van der Waals surface area contributed by atoms with Crippen LogP contribution in [0.3, 0.4) is 0 Å². The van der Waals surface area contributed by atoms with Gasteiger partial charge in [0.1, 0.15) is 11.5 Å². The van der Waals surface area contributed by atoms with Crippen molar-refractivity contribution >= 4 is 12.4 Å². The van der Waals surface area contributed by atoms with Gasteiger partial charge >= 0.3 is 0 Å². The minimum atomic E-state index is 0.636. The first-order valence-corrected chi connectivity index (χ1v) is 5.85. The Bertz CT molecular complexity index is 571. The van der Waals surface area contributed by atoms with Crippen LogP contribution in [0.25, 0.3) is 6.08 Å². The molecule has 3 nitrogen and oxygen atoms in total. The average molecular weight is 254 g/mol. The Hall–Kier alpha value is -2.55. The maximum absolute atomic E-state index is 10.8. The molecule has 2 aromatic carbocycles. The molecule has 0 aromatic heterocycles. The summed E-state index contributed by atoms with van der Waals surface area (Å²) < 4.78 is 10.5. The molecule has 96 valence electrons. The Morgan fingerprint density at radius 1 is 0.895 bits per heavy atom. The zero-order valence-corrected chi connectivity index (χ0v) is 10.6. The topological polar surface area (TPSA) is 35.5 Å². The quantitative estimate of drug-likeness (QED) is 0.604. The minimum Gasteiger partial charge on any atom is -0.497 e. The molecule has 0 aliphatic heterocycles. The molecular formula is C16H14O3. The van der Waals surface area contributed by atoms with Crippen molar-refractivity contribution in [1.82, 2.24) is 0 Å². The molecule has 0 saturated heterocycles. The molecule has 0 aliphatic carbocycles. The van der Waals surface area contributed by atoms with Crippen molar-refractivity contribution in [2.75, 3.05) is 7.11 Å². The zero-order valence-electron chi connectivity index (χ0n) is 10.6. The summed E-state index contributed by atoms with van der Waals surface area (Å²) in [4.78, 5) is 10.8. The second-order valence-corrected chi connectivity index (χ2v) is 3.84. The molecule has 0 amide bonds. The number of hydrogen-bond acceptors (Lipinski definition) is 3. The molecule has 2 aromatic rings. The number of methoxy groups -OCH3 is 1. The molecule has 2 rings (SSSR count). The number of hydrogen-bond donors (Lipinski definition) is 0. The first-order valence-electron chi connectivity index (χ1n) is 5.85. The van der Waals surface area contributed by atoms with Crippen LogP contribution < -0.4 is 9.47 Å². The SMILES string of the molecule is COc1ccc(O/C=C/c2ccccc2C=O)cc1. The largest absolute Gasteiger partial charge is 0.497 e. The second kappa shape index (κ2) is 6.40. The van der Waals surface area contributed by atoms with Crippen molar-refractivity contribution in [2.45, 2.75) is 0 Å². The normalized spacial score (nSPS) is 10.4. The van der Waals surface area contributed by atoms with E-state index in [-0.39, 0.29) is 0 Å². The van der Waals surface area contributed by atoms with Gasteiger partial charge in [-0.15, -0.1) is 0 Å². The van der Waals surface area contributed by atoms with E-state index in [9.17, 15) is 4.79 Å². The third kappa shape index (κ3) is 3.45. The molecule has 0 saturated carbocycles. The van der Waals surface area contributed by atoms with Crippen molar-refractivity contribution in [3.05, 3.63) is 65.9 Å². The summed E-state index contributed by atoms with van der Waals surface area (Å²) in [6.45, 7) is 0. The van der Waals surface area contributed by atoms with E-state index in [2.05, 4.69) is 0 Å². The molecule has 19 heavy (non-hydrogen) atoms. The third-order valence-corrected chi connectivity index (χ3v) is 2.63. The monoisotopic (exact) mass is 254 g/mol. The van der Waals surface area contributed by atoms with Gasteiger partial charge in [-0.1, -0.05) is 24.3 Å². The Labute approximate surface area is 112 Å². The minimum absolute atomic E-state index is 0.636. The van der Waals surface area contributed by atoms with E-state index in [0.29, 0.717) is 11.3 Å². The lowest BCUT2D eigenvalue weighted by molar-refractivity contribution is 0.112. The lowest BCUT2D eigenvalue weighted by atomic mass is 10.1. The third-order valence-electron chi connectivity index (χ3n) is 2.63. The van der Waals surface area contributed by atoms with E-state index in [4.69, 9.17) is 9.47 Å². The lowest BCUT2D eigenvalue weighted by Crippen LogP contribution is -1.87. The van der Waals surface area contributed by atoms with Crippen LogP contribution in [0.1, 0.15) is 15.9 Å². The fraction of sp³-hybridized carbons (Fsp3) is 0.0625. The van der Waals surface area contributed by atoms with E-state index in [1.807, 2.05) is 42.5 Å². The molecule has 0 N–H and O–H groups in total. The predicted molar refractivity (Wildman–Crippen MR) is 74.5 cm³/mol. The zero-order chi connectivity index (χ0) is 13.5. The highest BCUT2D eigenvalue weighted by Gasteiger charge is 1.96. The molecule has 0 spiro atoms. The summed E-state index contributed by atoms with van der Waals surface area (Å²) in [6.07, 6.45) is 4.14. The van der Waals surface area contributed by atoms with Crippen LogP contribution in [0.4, 0.5) is 0 Å². The van der Waals surface area contributed by atoms with Crippen LogP contribution in [0, 0.1) is 0 Å². The molecule has 0 unspecified atom stereocenters. The van der Waals surface area contributed by atoms with Gasteiger partial charge in [0.2, 0.25) is 0 Å². The fourth-order valence-electron chi connectivity index (χ4n) is 1.61. The molecule has 0 aliphatic rings. The van der Waals surface area contributed by atoms with E-state index in [1.165, 1.54) is 0 Å². The first-order chi connectivity index (χ1) is 9.33. The highest BCUT2D eigenvalue weighted by Crippen LogP contribution is 2.17. The number of rotatable bonds is 5. The molecule has 3 heteroatoms. The van der Waals surface area contributed by atoms with Gasteiger partial charge in [0.05, 0.1) is 13.4 Å². The summed E-state index contributed by atoms with van der Waals surface area (Å²) >= 11 is 0. The van der Waals surface area contributed by atoms with Gasteiger partial charge in [-0.25, -0.2) is 0 Å². The molecule has 0 radical (unpaired) electrons. The van der Waals surface area contributed by atoms with Crippen LogP contribution in [0.2, 0.25) is 0 Å². The van der Waals surface area contributed by atoms with Gasteiger partial charge in [0.15, 0.2) is 6.29 Å². The number of benzene rings is 2. The summed E-state index contributed by atoms with van der Waals surface area (Å²) in [5.41, 5.74) is 1.46. The highest BCUT2D eigenvalue weighted by atomic mass is 16.5. The van der Waals surface area contributed by atoms with Crippen molar-refractivity contribution < 1.29 is 14.3 Å². The van der Waals surface area contributed by atoms with Crippen LogP contribution in [0.5, 0.6) is 11.5 Å². The van der Waals surface area contributed by atoms with E-state index >= 15 is 0 Å². The second-order valence-electron chi connectivity index (χ2n) is 3.84. The highest BCUT2D eigenvalue weighted by molar-refractivity contribution is 5.81. The smallest absolute Gasteiger partial charge is 0.150 e. The standard InChI is InChI=1S/C16H14O3/c1-18-15-6-8-16(9-7-15)19-11-10-13-4-2-3-5-14(13)12-17/h2-12H,1H3/b11-10+. The molecule has 0 fully saturated rings. The molecule has 0 heterocycles. The number of carbonyl (C=O) groups excluding carboxylic acids is 1. The van der Waals surface area contributed by atoms with E-state index in [0.717, 1.165) is 17.6 Å². The lowest BCUT2D eigenvalue weighted by Gasteiger charge is -2.02. The van der Waals surface area contributed by atoms with Crippen LogP contribution in [-0.4, -0.2) is 13.4 Å². The number of carbonyl (C=O) groups is 1. The summed E-state index contributed by atoms with van der Waals surface area (Å²) in [6, 6.07) is 14.6. The molecular weight excluding hydrogens is 240 g/mol. The van der Waals surface area contributed by atoms with Crippen LogP contribution in [0.15, 0.2) is 54.8 Å².